The zero-order chi connectivity index (χ0) is 14.7. The lowest BCUT2D eigenvalue weighted by Gasteiger charge is -2.10. The van der Waals surface area contributed by atoms with Gasteiger partial charge < -0.3 is 19.6 Å². The van der Waals surface area contributed by atoms with Crippen molar-refractivity contribution in [1.29, 1.82) is 0 Å². The molecule has 0 unspecified atom stereocenters. The Kier molecular flexibility index (Phi) is 4.20. The summed E-state index contributed by atoms with van der Waals surface area (Å²) in [6.45, 7) is 2.03. The quantitative estimate of drug-likeness (QED) is 0.882. The molecule has 1 aromatic heterocycles. The van der Waals surface area contributed by atoms with Crippen molar-refractivity contribution in [2.45, 2.75) is 13.5 Å². The smallest absolute Gasteiger partial charge is 0.372 e. The highest BCUT2D eigenvalue weighted by Crippen LogP contribution is 2.28. The summed E-state index contributed by atoms with van der Waals surface area (Å²) in [5, 5.41) is 12.6. The predicted octanol–water partition coefficient (Wildman–Crippen LogP) is 3.56. The van der Waals surface area contributed by atoms with Gasteiger partial charge in [-0.3, -0.25) is 0 Å². The molecule has 0 radical (unpaired) electrons. The Morgan fingerprint density at radius 3 is 2.80 bits per heavy atom. The van der Waals surface area contributed by atoms with Crippen LogP contribution in [0.5, 0.6) is 5.75 Å². The van der Waals surface area contributed by atoms with Crippen molar-refractivity contribution in [2.24, 2.45) is 0 Å². The van der Waals surface area contributed by atoms with Crippen LogP contribution >= 0.6 is 11.6 Å². The molecule has 0 bridgehead atoms. The van der Waals surface area contributed by atoms with Gasteiger partial charge in [0.25, 0.3) is 0 Å². The number of hydrogen-bond donors (Lipinski definition) is 2. The molecule has 0 saturated carbocycles. The Bertz CT molecular complexity index is 636. The van der Waals surface area contributed by atoms with E-state index in [1.165, 1.54) is 0 Å². The van der Waals surface area contributed by atoms with Gasteiger partial charge in [0.15, 0.2) is 0 Å². The molecule has 2 rings (SSSR count). The van der Waals surface area contributed by atoms with E-state index in [4.69, 9.17) is 25.9 Å². The first kappa shape index (κ1) is 14.3. The van der Waals surface area contributed by atoms with Gasteiger partial charge in [-0.2, -0.15) is 0 Å². The Morgan fingerprint density at radius 1 is 1.45 bits per heavy atom. The second kappa shape index (κ2) is 5.88. The number of halogens is 1. The first-order chi connectivity index (χ1) is 9.51. The summed E-state index contributed by atoms with van der Waals surface area (Å²) in [5.41, 5.74) is 1.30. The minimum absolute atomic E-state index is 0.0418. The van der Waals surface area contributed by atoms with Crippen LogP contribution in [0.4, 0.5) is 5.69 Å². The topological polar surface area (TPSA) is 71.7 Å². The lowest BCUT2D eigenvalue weighted by atomic mass is 10.2. The average molecular weight is 296 g/mol. The van der Waals surface area contributed by atoms with Crippen molar-refractivity contribution < 1.29 is 19.1 Å². The summed E-state index contributed by atoms with van der Waals surface area (Å²) in [7, 11) is 1.56. The minimum atomic E-state index is -1.07. The van der Waals surface area contributed by atoms with Crippen molar-refractivity contribution in [1.82, 2.24) is 0 Å². The number of ether oxygens (including phenoxy) is 1. The molecule has 0 saturated heterocycles. The number of carboxylic acid groups (broad SMARTS) is 1. The number of methoxy groups -OCH3 is 1. The Balaban J connectivity index is 2.14. The zero-order valence-electron chi connectivity index (χ0n) is 11.1. The van der Waals surface area contributed by atoms with E-state index in [9.17, 15) is 4.79 Å². The maximum atomic E-state index is 10.9. The number of nitrogens with one attached hydrogen (secondary N) is 1. The third-order valence-corrected chi connectivity index (χ3v) is 3.01. The van der Waals surface area contributed by atoms with E-state index in [0.717, 1.165) is 0 Å². The predicted molar refractivity (Wildman–Crippen MR) is 75.7 cm³/mol. The highest BCUT2D eigenvalue weighted by molar-refractivity contribution is 6.30. The molecular weight excluding hydrogens is 282 g/mol. The molecule has 6 heteroatoms. The summed E-state index contributed by atoms with van der Waals surface area (Å²) in [6, 6.07) is 6.90. The van der Waals surface area contributed by atoms with Crippen LogP contribution in [0.1, 0.15) is 21.9 Å². The van der Waals surface area contributed by atoms with E-state index in [1.807, 2.05) is 0 Å². The first-order valence-corrected chi connectivity index (χ1v) is 6.29. The Hall–Kier alpha value is -2.14. The minimum Gasteiger partial charge on any atom is -0.495 e. The van der Waals surface area contributed by atoms with E-state index in [2.05, 4.69) is 5.32 Å². The van der Waals surface area contributed by atoms with Crippen molar-refractivity contribution in [3.05, 3.63) is 46.4 Å². The van der Waals surface area contributed by atoms with E-state index in [0.29, 0.717) is 34.3 Å². The molecule has 20 heavy (non-hydrogen) atoms. The maximum absolute atomic E-state index is 10.9. The van der Waals surface area contributed by atoms with Crippen LogP contribution in [0.15, 0.2) is 28.7 Å². The van der Waals surface area contributed by atoms with E-state index < -0.39 is 5.97 Å². The summed E-state index contributed by atoms with van der Waals surface area (Å²) in [4.78, 5) is 10.9. The second-order valence-corrected chi connectivity index (χ2v) is 4.66. The van der Waals surface area contributed by atoms with Gasteiger partial charge in [-0.25, -0.2) is 4.79 Å². The summed E-state index contributed by atoms with van der Waals surface area (Å²) >= 11 is 5.93. The molecule has 0 atom stereocenters. The fourth-order valence-electron chi connectivity index (χ4n) is 1.85. The normalized spacial score (nSPS) is 10.3. The third kappa shape index (κ3) is 3.05. The van der Waals surface area contributed by atoms with Crippen LogP contribution in [0.25, 0.3) is 0 Å². The number of anilines is 1. The van der Waals surface area contributed by atoms with Crippen LogP contribution in [0.3, 0.4) is 0 Å². The van der Waals surface area contributed by atoms with Crippen LogP contribution < -0.4 is 10.1 Å². The van der Waals surface area contributed by atoms with Gasteiger partial charge in [-0.05, 0) is 31.2 Å². The van der Waals surface area contributed by atoms with Crippen LogP contribution in [0, 0.1) is 6.92 Å². The molecule has 0 aliphatic heterocycles. The molecule has 2 N–H and O–H groups in total. The number of furan rings is 1. The van der Waals surface area contributed by atoms with Crippen LogP contribution in [-0.4, -0.2) is 18.2 Å². The SMILES string of the molecule is COc1ccc(Cl)cc1NCc1cc(C)c(C(=O)O)o1. The van der Waals surface area contributed by atoms with Crippen molar-refractivity contribution in [3.8, 4) is 5.75 Å². The number of aryl methyl sites for hydroxylation is 1. The molecular formula is C14H14ClNO4. The highest BCUT2D eigenvalue weighted by Gasteiger charge is 2.14. The maximum Gasteiger partial charge on any atom is 0.372 e. The molecule has 0 aliphatic carbocycles. The fourth-order valence-corrected chi connectivity index (χ4v) is 2.02. The third-order valence-electron chi connectivity index (χ3n) is 2.78. The molecule has 2 aromatic rings. The van der Waals surface area contributed by atoms with Crippen molar-refractivity contribution in [2.75, 3.05) is 12.4 Å². The molecule has 1 aromatic carbocycles. The largest absolute Gasteiger partial charge is 0.495 e. The molecule has 106 valence electrons. The van der Waals surface area contributed by atoms with Crippen molar-refractivity contribution in [3.63, 3.8) is 0 Å². The van der Waals surface area contributed by atoms with Crippen LogP contribution in [-0.2, 0) is 6.54 Å². The Labute approximate surface area is 121 Å². The number of carboxylic acids is 1. The van der Waals surface area contributed by atoms with Gasteiger partial charge in [0.2, 0.25) is 5.76 Å². The molecule has 0 fully saturated rings. The molecule has 0 aliphatic rings. The second-order valence-electron chi connectivity index (χ2n) is 4.23. The van der Waals surface area contributed by atoms with Gasteiger partial charge >= 0.3 is 5.97 Å². The average Bonchev–Trinajstić information content (AvgIpc) is 2.78. The molecule has 5 nitrogen and oxygen atoms in total. The fraction of sp³-hybridized carbons (Fsp3) is 0.214. The number of aromatic carboxylic acids is 1. The Morgan fingerprint density at radius 2 is 2.20 bits per heavy atom. The van der Waals surface area contributed by atoms with Crippen molar-refractivity contribution >= 4 is 23.3 Å². The molecule has 1 heterocycles. The number of hydrogen-bond acceptors (Lipinski definition) is 4. The lowest BCUT2D eigenvalue weighted by molar-refractivity contribution is 0.0659. The summed E-state index contributed by atoms with van der Waals surface area (Å²) in [5.74, 6) is 0.0620. The lowest BCUT2D eigenvalue weighted by Crippen LogP contribution is -2.00. The standard InChI is InChI=1S/C14H14ClNO4/c1-8-5-10(20-13(8)14(17)18)7-16-11-6-9(15)3-4-12(11)19-2/h3-6,16H,7H2,1-2H3,(H,17,18). The van der Waals surface area contributed by atoms with E-state index in [-0.39, 0.29) is 5.76 Å². The highest BCUT2D eigenvalue weighted by atomic mass is 35.5. The first-order valence-electron chi connectivity index (χ1n) is 5.91. The molecule has 0 amide bonds. The monoisotopic (exact) mass is 295 g/mol. The number of rotatable bonds is 5. The van der Waals surface area contributed by atoms with Crippen LogP contribution in [0.2, 0.25) is 5.02 Å². The molecule has 0 spiro atoms. The summed E-state index contributed by atoms with van der Waals surface area (Å²) in [6.07, 6.45) is 0. The van der Waals surface area contributed by atoms with Gasteiger partial charge in [0, 0.05) is 10.6 Å². The van der Waals surface area contributed by atoms with E-state index in [1.54, 1.807) is 38.3 Å². The number of benzene rings is 1. The summed E-state index contributed by atoms with van der Waals surface area (Å²) < 4.78 is 10.5. The van der Waals surface area contributed by atoms with Gasteiger partial charge in [-0.1, -0.05) is 11.6 Å². The van der Waals surface area contributed by atoms with Gasteiger partial charge in [-0.15, -0.1) is 0 Å². The van der Waals surface area contributed by atoms with Gasteiger partial charge in [0.1, 0.15) is 11.5 Å². The number of carbonyl (C=O) groups is 1. The van der Waals surface area contributed by atoms with Gasteiger partial charge in [0.05, 0.1) is 19.3 Å². The van der Waals surface area contributed by atoms with E-state index >= 15 is 0 Å². The zero-order valence-corrected chi connectivity index (χ0v) is 11.8.